The van der Waals surface area contributed by atoms with Crippen LogP contribution in [-0.4, -0.2) is 33.0 Å². The smallest absolute Gasteiger partial charge is 0.161 e. The fourth-order valence-electron chi connectivity index (χ4n) is 2.11. The van der Waals surface area contributed by atoms with E-state index in [0.29, 0.717) is 25.2 Å². The Morgan fingerprint density at radius 3 is 2.56 bits per heavy atom. The van der Waals surface area contributed by atoms with Crippen LogP contribution < -0.4 is 15.2 Å². The van der Waals surface area contributed by atoms with Crippen LogP contribution in [0.15, 0.2) is 24.3 Å². The van der Waals surface area contributed by atoms with Crippen molar-refractivity contribution in [1.29, 1.82) is 0 Å². The first kappa shape index (κ1) is 13.2. The van der Waals surface area contributed by atoms with Gasteiger partial charge in [-0.2, -0.15) is 0 Å². The van der Waals surface area contributed by atoms with Gasteiger partial charge in [-0.25, -0.2) is 0 Å². The van der Waals surface area contributed by atoms with E-state index in [-0.39, 0.29) is 0 Å². The summed E-state index contributed by atoms with van der Waals surface area (Å²) in [4.78, 5) is 0. The van der Waals surface area contributed by atoms with Crippen molar-refractivity contribution in [2.24, 2.45) is 11.7 Å². The minimum absolute atomic E-state index is 0.375. The van der Waals surface area contributed by atoms with E-state index in [4.69, 9.17) is 19.9 Å². The fraction of sp³-hybridized carbons (Fsp3) is 0.571. The molecular formula is C14H21NO3. The van der Waals surface area contributed by atoms with Gasteiger partial charge in [-0.05, 0) is 37.4 Å². The molecule has 0 bridgehead atoms. The van der Waals surface area contributed by atoms with Crippen molar-refractivity contribution in [2.45, 2.75) is 18.9 Å². The van der Waals surface area contributed by atoms with E-state index in [9.17, 15) is 0 Å². The minimum Gasteiger partial charge on any atom is -0.493 e. The molecule has 0 spiro atoms. The predicted molar refractivity (Wildman–Crippen MR) is 70.0 cm³/mol. The summed E-state index contributed by atoms with van der Waals surface area (Å²) in [5.74, 6) is 2.17. The van der Waals surface area contributed by atoms with Crippen LogP contribution in [0.1, 0.15) is 12.8 Å². The van der Waals surface area contributed by atoms with Crippen LogP contribution in [0, 0.1) is 5.92 Å². The van der Waals surface area contributed by atoms with Crippen LogP contribution >= 0.6 is 0 Å². The van der Waals surface area contributed by atoms with Gasteiger partial charge in [-0.15, -0.1) is 0 Å². The second-order valence-corrected chi connectivity index (χ2v) is 4.57. The van der Waals surface area contributed by atoms with Gasteiger partial charge in [0, 0.05) is 0 Å². The first-order valence-corrected chi connectivity index (χ1v) is 6.41. The monoisotopic (exact) mass is 251 g/mol. The lowest BCUT2D eigenvalue weighted by Crippen LogP contribution is -2.36. The number of hydrogen-bond acceptors (Lipinski definition) is 4. The molecule has 2 N–H and O–H groups in total. The predicted octanol–water partition coefficient (Wildman–Crippen LogP) is 1.83. The van der Waals surface area contributed by atoms with E-state index in [2.05, 4.69) is 0 Å². The van der Waals surface area contributed by atoms with Gasteiger partial charge in [0.25, 0.3) is 0 Å². The van der Waals surface area contributed by atoms with E-state index in [1.54, 1.807) is 7.11 Å². The first-order valence-electron chi connectivity index (χ1n) is 6.41. The normalized spacial score (nSPS) is 22.3. The molecule has 2 rings (SSSR count). The van der Waals surface area contributed by atoms with E-state index in [0.717, 1.165) is 30.9 Å². The summed E-state index contributed by atoms with van der Waals surface area (Å²) in [6, 6.07) is 7.63. The molecule has 100 valence electrons. The maximum Gasteiger partial charge on any atom is 0.161 e. The lowest BCUT2D eigenvalue weighted by molar-refractivity contribution is -0.0374. The molecule has 4 nitrogen and oxygen atoms in total. The van der Waals surface area contributed by atoms with Crippen molar-refractivity contribution in [2.75, 3.05) is 26.9 Å². The van der Waals surface area contributed by atoms with Gasteiger partial charge in [0.05, 0.1) is 19.8 Å². The van der Waals surface area contributed by atoms with Crippen LogP contribution in [0.3, 0.4) is 0 Å². The molecule has 1 aromatic carbocycles. The number of nitrogens with two attached hydrogens (primary N) is 1. The SMILES string of the molecule is COc1ccccc1OCCOC1CC(CN)C1. The molecule has 0 radical (unpaired) electrons. The van der Waals surface area contributed by atoms with E-state index >= 15 is 0 Å². The molecule has 1 aliphatic rings. The number of ether oxygens (including phenoxy) is 3. The highest BCUT2D eigenvalue weighted by molar-refractivity contribution is 5.39. The molecule has 0 heterocycles. The molecule has 1 saturated carbocycles. The van der Waals surface area contributed by atoms with Crippen molar-refractivity contribution in [3.63, 3.8) is 0 Å². The largest absolute Gasteiger partial charge is 0.493 e. The Kier molecular flexibility index (Phi) is 4.84. The van der Waals surface area contributed by atoms with Gasteiger partial charge in [0.2, 0.25) is 0 Å². The second kappa shape index (κ2) is 6.61. The van der Waals surface area contributed by atoms with Crippen molar-refractivity contribution in [1.82, 2.24) is 0 Å². The minimum atomic E-state index is 0.375. The highest BCUT2D eigenvalue weighted by Gasteiger charge is 2.28. The molecular weight excluding hydrogens is 230 g/mol. The van der Waals surface area contributed by atoms with Crippen LogP contribution in [0.2, 0.25) is 0 Å². The number of methoxy groups -OCH3 is 1. The van der Waals surface area contributed by atoms with E-state index < -0.39 is 0 Å². The number of hydrogen-bond donors (Lipinski definition) is 1. The Bertz CT molecular complexity index is 364. The number of benzene rings is 1. The van der Waals surface area contributed by atoms with Gasteiger partial charge in [0.1, 0.15) is 6.61 Å². The van der Waals surface area contributed by atoms with Crippen LogP contribution in [0.4, 0.5) is 0 Å². The maximum absolute atomic E-state index is 5.68. The Labute approximate surface area is 108 Å². The molecule has 1 fully saturated rings. The molecule has 0 atom stereocenters. The highest BCUT2D eigenvalue weighted by Crippen LogP contribution is 2.29. The number of rotatable bonds is 7. The second-order valence-electron chi connectivity index (χ2n) is 4.57. The lowest BCUT2D eigenvalue weighted by Gasteiger charge is -2.34. The van der Waals surface area contributed by atoms with E-state index in [1.165, 1.54) is 0 Å². The molecule has 0 saturated heterocycles. The third kappa shape index (κ3) is 3.37. The summed E-state index contributed by atoms with van der Waals surface area (Å²) in [5.41, 5.74) is 5.56. The first-order chi connectivity index (χ1) is 8.83. The average Bonchev–Trinajstić information content (AvgIpc) is 2.37. The molecule has 0 aromatic heterocycles. The lowest BCUT2D eigenvalue weighted by atomic mass is 9.82. The molecule has 1 aliphatic carbocycles. The molecule has 0 aliphatic heterocycles. The van der Waals surface area contributed by atoms with Crippen molar-refractivity contribution >= 4 is 0 Å². The van der Waals surface area contributed by atoms with Gasteiger partial charge < -0.3 is 19.9 Å². The average molecular weight is 251 g/mol. The maximum atomic E-state index is 5.68. The zero-order valence-electron chi connectivity index (χ0n) is 10.8. The highest BCUT2D eigenvalue weighted by atomic mass is 16.5. The number of para-hydroxylation sites is 2. The summed E-state index contributed by atoms with van der Waals surface area (Å²) in [6.07, 6.45) is 2.55. The van der Waals surface area contributed by atoms with E-state index in [1.807, 2.05) is 24.3 Å². The van der Waals surface area contributed by atoms with Crippen LogP contribution in [0.5, 0.6) is 11.5 Å². The van der Waals surface area contributed by atoms with Gasteiger partial charge in [-0.1, -0.05) is 12.1 Å². The van der Waals surface area contributed by atoms with Gasteiger partial charge in [-0.3, -0.25) is 0 Å². The molecule has 0 amide bonds. The molecule has 4 heteroatoms. The third-order valence-electron chi connectivity index (χ3n) is 3.29. The summed E-state index contributed by atoms with van der Waals surface area (Å²) in [6.45, 7) is 1.93. The van der Waals surface area contributed by atoms with Crippen LogP contribution in [-0.2, 0) is 4.74 Å². The Balaban J connectivity index is 1.63. The Morgan fingerprint density at radius 1 is 1.17 bits per heavy atom. The Morgan fingerprint density at radius 2 is 1.89 bits per heavy atom. The zero-order valence-corrected chi connectivity index (χ0v) is 10.8. The van der Waals surface area contributed by atoms with Crippen molar-refractivity contribution in [3.05, 3.63) is 24.3 Å². The fourth-order valence-corrected chi connectivity index (χ4v) is 2.11. The molecule has 1 aromatic rings. The van der Waals surface area contributed by atoms with Crippen molar-refractivity contribution < 1.29 is 14.2 Å². The summed E-state index contributed by atoms with van der Waals surface area (Å²) < 4.78 is 16.5. The van der Waals surface area contributed by atoms with Crippen molar-refractivity contribution in [3.8, 4) is 11.5 Å². The van der Waals surface area contributed by atoms with Crippen LogP contribution in [0.25, 0.3) is 0 Å². The third-order valence-corrected chi connectivity index (χ3v) is 3.29. The standard InChI is InChI=1S/C14H21NO3/c1-16-13-4-2-3-5-14(13)18-7-6-17-12-8-11(9-12)10-15/h2-5,11-12H,6-10,15H2,1H3. The zero-order chi connectivity index (χ0) is 12.8. The summed E-state index contributed by atoms with van der Waals surface area (Å²) in [7, 11) is 1.64. The molecule has 18 heavy (non-hydrogen) atoms. The Hall–Kier alpha value is -1.26. The van der Waals surface area contributed by atoms with Gasteiger partial charge in [0.15, 0.2) is 11.5 Å². The topological polar surface area (TPSA) is 53.7 Å². The molecule has 0 unspecified atom stereocenters. The van der Waals surface area contributed by atoms with Gasteiger partial charge >= 0.3 is 0 Å². The summed E-state index contributed by atoms with van der Waals surface area (Å²) in [5, 5.41) is 0. The quantitative estimate of drug-likeness (QED) is 0.751. The summed E-state index contributed by atoms with van der Waals surface area (Å²) >= 11 is 0.